The monoisotopic (exact) mass is 267 g/mol. The summed E-state index contributed by atoms with van der Waals surface area (Å²) in [4.78, 5) is 15.8. The van der Waals surface area contributed by atoms with Crippen molar-refractivity contribution in [1.82, 2.24) is 15.0 Å². The molecule has 0 bridgehead atoms. The molecule has 0 aromatic carbocycles. The molecule has 1 fully saturated rings. The van der Waals surface area contributed by atoms with E-state index < -0.39 is 0 Å². The maximum Gasteiger partial charge on any atom is 0.276 e. The number of hydrogen-bond acceptors (Lipinski definition) is 6. The lowest BCUT2D eigenvalue weighted by Crippen LogP contribution is -2.50. The number of carbonyl (C=O) groups excluding carboxylic acids is 1. The van der Waals surface area contributed by atoms with Gasteiger partial charge in [0.2, 0.25) is 0 Å². The summed E-state index contributed by atoms with van der Waals surface area (Å²) in [5, 5.41) is 15.2. The highest BCUT2D eigenvalue weighted by molar-refractivity contribution is 5.92. The molecule has 104 valence electrons. The second-order valence-corrected chi connectivity index (χ2v) is 4.48. The smallest absolute Gasteiger partial charge is 0.276 e. The van der Waals surface area contributed by atoms with Gasteiger partial charge in [0.15, 0.2) is 11.5 Å². The molecule has 1 saturated heterocycles. The van der Waals surface area contributed by atoms with Crippen molar-refractivity contribution in [2.75, 3.05) is 32.7 Å². The first-order chi connectivity index (χ1) is 9.10. The molecule has 2 rings (SSSR count). The molecule has 1 amide bonds. The molecule has 8 heteroatoms. The Hall–Kier alpha value is -2.09. The fraction of sp³-hybridized carbons (Fsp3) is 0.545. The Bertz CT molecular complexity index is 476. The van der Waals surface area contributed by atoms with E-state index in [0.29, 0.717) is 44.2 Å². The number of carbonyl (C=O) groups is 1. The number of hydrogen-bond donors (Lipinski definition) is 2. The summed E-state index contributed by atoms with van der Waals surface area (Å²) >= 11 is 0. The van der Waals surface area contributed by atoms with Gasteiger partial charge >= 0.3 is 0 Å². The largest absolute Gasteiger partial charge is 0.409 e. The van der Waals surface area contributed by atoms with Crippen LogP contribution in [0.2, 0.25) is 0 Å². The first kappa shape index (κ1) is 13.3. The number of oxime groups is 1. The minimum atomic E-state index is -0.125. The second-order valence-electron chi connectivity index (χ2n) is 4.48. The summed E-state index contributed by atoms with van der Waals surface area (Å²) < 4.78 is 4.90. The molecule has 3 N–H and O–H groups in total. The maximum absolute atomic E-state index is 12.1. The standard InChI is InChI=1S/C11H17N5O3/c1-8-6-9(14-19-8)11(17)16-4-2-15(3-5-16)7-10(12)13-18/h6,18H,2-5,7H2,1H3,(H2,12,13). The summed E-state index contributed by atoms with van der Waals surface area (Å²) in [6, 6.07) is 1.63. The van der Waals surface area contributed by atoms with Crippen molar-refractivity contribution in [3.63, 3.8) is 0 Å². The molecule has 1 aliphatic heterocycles. The van der Waals surface area contributed by atoms with E-state index in [9.17, 15) is 4.79 Å². The van der Waals surface area contributed by atoms with Crippen LogP contribution in [0.15, 0.2) is 15.7 Å². The highest BCUT2D eigenvalue weighted by atomic mass is 16.5. The van der Waals surface area contributed by atoms with Gasteiger partial charge in [0, 0.05) is 32.2 Å². The number of rotatable bonds is 3. The van der Waals surface area contributed by atoms with Gasteiger partial charge < -0.3 is 20.4 Å². The van der Waals surface area contributed by atoms with Gasteiger partial charge in [-0.1, -0.05) is 10.3 Å². The number of amidine groups is 1. The number of nitrogens with zero attached hydrogens (tertiary/aromatic N) is 4. The normalized spacial score (nSPS) is 17.7. The molecule has 0 spiro atoms. The van der Waals surface area contributed by atoms with E-state index in [0.717, 1.165) is 0 Å². The van der Waals surface area contributed by atoms with Crippen molar-refractivity contribution in [2.45, 2.75) is 6.92 Å². The Balaban J connectivity index is 1.88. The summed E-state index contributed by atoms with van der Waals surface area (Å²) in [7, 11) is 0. The number of aryl methyl sites for hydroxylation is 1. The number of amides is 1. The van der Waals surface area contributed by atoms with Crippen LogP contribution >= 0.6 is 0 Å². The molecule has 0 atom stereocenters. The van der Waals surface area contributed by atoms with Crippen LogP contribution in [-0.2, 0) is 0 Å². The topological polar surface area (TPSA) is 108 Å². The van der Waals surface area contributed by atoms with Crippen molar-refractivity contribution < 1.29 is 14.5 Å². The molecule has 2 heterocycles. The molecular formula is C11H17N5O3. The van der Waals surface area contributed by atoms with Gasteiger partial charge in [-0.2, -0.15) is 0 Å². The average Bonchev–Trinajstić information content (AvgIpc) is 2.85. The van der Waals surface area contributed by atoms with E-state index in [-0.39, 0.29) is 11.7 Å². The minimum absolute atomic E-state index is 0.125. The number of piperazine rings is 1. The summed E-state index contributed by atoms with van der Waals surface area (Å²) in [5.41, 5.74) is 5.78. The Kier molecular flexibility index (Phi) is 4.00. The van der Waals surface area contributed by atoms with Crippen LogP contribution in [0.25, 0.3) is 0 Å². The highest BCUT2D eigenvalue weighted by Gasteiger charge is 2.24. The molecule has 8 nitrogen and oxygen atoms in total. The fourth-order valence-corrected chi connectivity index (χ4v) is 2.00. The first-order valence-electron chi connectivity index (χ1n) is 6.01. The summed E-state index contributed by atoms with van der Waals surface area (Å²) in [6.45, 7) is 4.69. The zero-order valence-corrected chi connectivity index (χ0v) is 10.7. The molecule has 1 aromatic heterocycles. The highest BCUT2D eigenvalue weighted by Crippen LogP contribution is 2.09. The van der Waals surface area contributed by atoms with Crippen molar-refractivity contribution in [3.8, 4) is 0 Å². The van der Waals surface area contributed by atoms with Crippen LogP contribution in [0, 0.1) is 6.92 Å². The van der Waals surface area contributed by atoms with Crippen LogP contribution < -0.4 is 5.73 Å². The van der Waals surface area contributed by atoms with Crippen molar-refractivity contribution in [2.24, 2.45) is 10.9 Å². The van der Waals surface area contributed by atoms with Crippen molar-refractivity contribution >= 4 is 11.7 Å². The van der Waals surface area contributed by atoms with Crippen LogP contribution in [0.4, 0.5) is 0 Å². The molecule has 0 radical (unpaired) electrons. The Labute approximate surface area is 110 Å². The van der Waals surface area contributed by atoms with Crippen LogP contribution in [0.1, 0.15) is 16.2 Å². The molecule has 1 aliphatic rings. The quantitative estimate of drug-likeness (QED) is 0.330. The van der Waals surface area contributed by atoms with Gasteiger partial charge in [-0.3, -0.25) is 9.69 Å². The van der Waals surface area contributed by atoms with E-state index >= 15 is 0 Å². The lowest BCUT2D eigenvalue weighted by molar-refractivity contribution is 0.0643. The van der Waals surface area contributed by atoms with Crippen LogP contribution in [-0.4, -0.2) is 64.6 Å². The Morgan fingerprint density at radius 3 is 2.74 bits per heavy atom. The van der Waals surface area contributed by atoms with Crippen molar-refractivity contribution in [3.05, 3.63) is 17.5 Å². The van der Waals surface area contributed by atoms with Gasteiger partial charge in [-0.05, 0) is 6.92 Å². The average molecular weight is 267 g/mol. The zero-order valence-electron chi connectivity index (χ0n) is 10.7. The van der Waals surface area contributed by atoms with Crippen molar-refractivity contribution in [1.29, 1.82) is 0 Å². The molecule has 0 unspecified atom stereocenters. The lowest BCUT2D eigenvalue weighted by atomic mass is 10.2. The van der Waals surface area contributed by atoms with Crippen LogP contribution in [0.5, 0.6) is 0 Å². The van der Waals surface area contributed by atoms with E-state index in [1.54, 1.807) is 17.9 Å². The molecule has 1 aromatic rings. The number of nitrogens with two attached hydrogens (primary N) is 1. The van der Waals surface area contributed by atoms with Gasteiger partial charge in [0.1, 0.15) is 5.76 Å². The van der Waals surface area contributed by atoms with Gasteiger partial charge in [-0.15, -0.1) is 0 Å². The Morgan fingerprint density at radius 1 is 1.53 bits per heavy atom. The lowest BCUT2D eigenvalue weighted by Gasteiger charge is -2.33. The summed E-state index contributed by atoms with van der Waals surface area (Å²) in [5.74, 6) is 0.668. The molecular weight excluding hydrogens is 250 g/mol. The minimum Gasteiger partial charge on any atom is -0.409 e. The van der Waals surface area contributed by atoms with Crippen LogP contribution in [0.3, 0.4) is 0 Å². The predicted molar refractivity (Wildman–Crippen MR) is 67.0 cm³/mol. The predicted octanol–water partition coefficient (Wildman–Crippen LogP) is -0.513. The van der Waals surface area contributed by atoms with E-state index in [2.05, 4.69) is 10.3 Å². The second kappa shape index (κ2) is 5.70. The van der Waals surface area contributed by atoms with Gasteiger partial charge in [-0.25, -0.2) is 0 Å². The molecule has 19 heavy (non-hydrogen) atoms. The van der Waals surface area contributed by atoms with E-state index in [1.165, 1.54) is 0 Å². The third kappa shape index (κ3) is 3.22. The zero-order chi connectivity index (χ0) is 13.8. The van der Waals surface area contributed by atoms with E-state index in [4.69, 9.17) is 15.5 Å². The first-order valence-corrected chi connectivity index (χ1v) is 6.01. The van der Waals surface area contributed by atoms with Gasteiger partial charge in [0.25, 0.3) is 5.91 Å². The Morgan fingerprint density at radius 2 is 2.21 bits per heavy atom. The van der Waals surface area contributed by atoms with Gasteiger partial charge in [0.05, 0.1) is 6.54 Å². The SMILES string of the molecule is Cc1cc(C(=O)N2CCN(CC(N)=NO)CC2)no1. The summed E-state index contributed by atoms with van der Waals surface area (Å²) in [6.07, 6.45) is 0. The van der Waals surface area contributed by atoms with E-state index in [1.807, 2.05) is 4.90 Å². The number of aromatic nitrogens is 1. The maximum atomic E-state index is 12.1. The molecule has 0 saturated carbocycles. The molecule has 0 aliphatic carbocycles. The fourth-order valence-electron chi connectivity index (χ4n) is 2.00. The third-order valence-electron chi connectivity index (χ3n) is 3.02. The third-order valence-corrected chi connectivity index (χ3v) is 3.02.